The summed E-state index contributed by atoms with van der Waals surface area (Å²) in [6.07, 6.45) is 3.93. The van der Waals surface area contributed by atoms with Gasteiger partial charge in [0.05, 0.1) is 13.2 Å². The van der Waals surface area contributed by atoms with E-state index in [0.29, 0.717) is 11.4 Å². The van der Waals surface area contributed by atoms with Crippen LogP contribution in [0, 0.1) is 11.3 Å². The van der Waals surface area contributed by atoms with E-state index in [1.165, 1.54) is 19.3 Å². The zero-order valence-corrected chi connectivity index (χ0v) is 11.1. The van der Waals surface area contributed by atoms with Gasteiger partial charge in [0.25, 0.3) is 0 Å². The number of nitrogens with zero attached hydrogens (tertiary/aromatic N) is 2. The van der Waals surface area contributed by atoms with Gasteiger partial charge in [0, 0.05) is 19.6 Å². The monoisotopic (exact) mass is 239 g/mol. The molecule has 1 heterocycles. The maximum Gasteiger partial charge on any atom is 0.191 e. The summed E-state index contributed by atoms with van der Waals surface area (Å²) in [4.78, 5) is 6.73. The van der Waals surface area contributed by atoms with Gasteiger partial charge in [-0.05, 0) is 30.6 Å². The van der Waals surface area contributed by atoms with Crippen LogP contribution in [-0.4, -0.2) is 43.7 Å². The Labute approximate surface area is 104 Å². The Bertz CT molecular complexity index is 278. The minimum absolute atomic E-state index is 0.477. The number of guanidine groups is 1. The first-order valence-corrected chi connectivity index (χ1v) is 6.74. The highest BCUT2D eigenvalue weighted by atomic mass is 16.5. The van der Waals surface area contributed by atoms with Crippen LogP contribution in [0.15, 0.2) is 4.99 Å². The van der Waals surface area contributed by atoms with Gasteiger partial charge in [-0.2, -0.15) is 0 Å². The third kappa shape index (κ3) is 3.60. The predicted octanol–water partition coefficient (Wildman–Crippen LogP) is 1.46. The minimum atomic E-state index is 0.477. The van der Waals surface area contributed by atoms with Crippen molar-refractivity contribution >= 4 is 5.96 Å². The number of rotatable bonds is 4. The van der Waals surface area contributed by atoms with Gasteiger partial charge in [-0.3, -0.25) is 4.99 Å². The first-order chi connectivity index (χ1) is 8.11. The summed E-state index contributed by atoms with van der Waals surface area (Å²) in [5, 5.41) is 0. The molecule has 1 aliphatic carbocycles. The Morgan fingerprint density at radius 1 is 1.35 bits per heavy atom. The maximum absolute atomic E-state index is 6.03. The molecule has 1 aliphatic heterocycles. The Balaban J connectivity index is 1.82. The summed E-state index contributed by atoms with van der Waals surface area (Å²) >= 11 is 0. The molecule has 1 saturated carbocycles. The van der Waals surface area contributed by atoms with Gasteiger partial charge in [-0.25, -0.2) is 0 Å². The number of aliphatic imine (C=N–C) groups is 1. The summed E-state index contributed by atoms with van der Waals surface area (Å²) in [6, 6.07) is 0. The zero-order valence-electron chi connectivity index (χ0n) is 11.1. The third-order valence-corrected chi connectivity index (χ3v) is 3.71. The summed E-state index contributed by atoms with van der Waals surface area (Å²) in [7, 11) is 0. The second kappa shape index (κ2) is 5.25. The topological polar surface area (TPSA) is 50.8 Å². The Morgan fingerprint density at radius 2 is 2.00 bits per heavy atom. The first-order valence-electron chi connectivity index (χ1n) is 6.74. The molecule has 4 nitrogen and oxygen atoms in total. The molecule has 2 aliphatic rings. The molecule has 2 N–H and O–H groups in total. The largest absolute Gasteiger partial charge is 0.378 e. The molecule has 0 bridgehead atoms. The lowest BCUT2D eigenvalue weighted by atomic mass is 9.94. The van der Waals surface area contributed by atoms with Gasteiger partial charge in [0.2, 0.25) is 0 Å². The van der Waals surface area contributed by atoms with Crippen molar-refractivity contribution in [2.75, 3.05) is 32.8 Å². The summed E-state index contributed by atoms with van der Waals surface area (Å²) in [6.45, 7) is 8.79. The van der Waals surface area contributed by atoms with Gasteiger partial charge >= 0.3 is 0 Å². The number of morpholine rings is 1. The standard InChI is InChI=1S/C13H25N3O/c1-11(2)9-13(3-4-13)10-15-12(14)16-5-7-17-8-6-16/h11H,3-10H2,1-2H3,(H2,14,15). The van der Waals surface area contributed by atoms with Crippen molar-refractivity contribution < 1.29 is 4.74 Å². The number of nitrogens with two attached hydrogens (primary N) is 1. The second-order valence-corrected chi connectivity index (χ2v) is 5.87. The highest BCUT2D eigenvalue weighted by molar-refractivity contribution is 5.78. The lowest BCUT2D eigenvalue weighted by Crippen LogP contribution is -2.45. The molecule has 98 valence electrons. The van der Waals surface area contributed by atoms with Crippen LogP contribution in [0.5, 0.6) is 0 Å². The minimum Gasteiger partial charge on any atom is -0.378 e. The smallest absolute Gasteiger partial charge is 0.191 e. The van der Waals surface area contributed by atoms with E-state index in [4.69, 9.17) is 10.5 Å². The number of hydrogen-bond acceptors (Lipinski definition) is 2. The molecule has 0 aromatic heterocycles. The molecule has 1 saturated heterocycles. The fourth-order valence-electron chi connectivity index (χ4n) is 2.61. The molecule has 4 heteroatoms. The Morgan fingerprint density at radius 3 is 2.53 bits per heavy atom. The van der Waals surface area contributed by atoms with Crippen LogP contribution in [0.1, 0.15) is 33.1 Å². The molecule has 2 fully saturated rings. The molecule has 0 spiro atoms. The molecular weight excluding hydrogens is 214 g/mol. The van der Waals surface area contributed by atoms with E-state index in [-0.39, 0.29) is 0 Å². The first kappa shape index (κ1) is 12.7. The van der Waals surface area contributed by atoms with Crippen LogP contribution in [0.2, 0.25) is 0 Å². The van der Waals surface area contributed by atoms with E-state index >= 15 is 0 Å². The molecule has 0 amide bonds. The van der Waals surface area contributed by atoms with Crippen LogP contribution in [0.25, 0.3) is 0 Å². The Hall–Kier alpha value is -0.770. The van der Waals surface area contributed by atoms with E-state index in [1.807, 2.05) is 0 Å². The van der Waals surface area contributed by atoms with Crippen LogP contribution in [0.4, 0.5) is 0 Å². The van der Waals surface area contributed by atoms with Crippen molar-refractivity contribution in [1.29, 1.82) is 0 Å². The lowest BCUT2D eigenvalue weighted by Gasteiger charge is -2.28. The normalized spacial score (nSPS) is 24.2. The van der Waals surface area contributed by atoms with Gasteiger partial charge in [0.1, 0.15) is 0 Å². The maximum atomic E-state index is 6.03. The zero-order chi connectivity index (χ0) is 12.3. The molecule has 0 atom stereocenters. The van der Waals surface area contributed by atoms with E-state index in [2.05, 4.69) is 23.7 Å². The molecule has 2 rings (SSSR count). The molecule has 17 heavy (non-hydrogen) atoms. The quantitative estimate of drug-likeness (QED) is 0.597. The molecular formula is C13H25N3O. The van der Waals surface area contributed by atoms with E-state index in [0.717, 1.165) is 38.8 Å². The van der Waals surface area contributed by atoms with Crippen LogP contribution in [-0.2, 0) is 4.74 Å². The van der Waals surface area contributed by atoms with Crippen molar-refractivity contribution in [2.24, 2.45) is 22.1 Å². The molecule has 0 aromatic rings. The molecule has 0 unspecified atom stereocenters. The fraction of sp³-hybridized carbons (Fsp3) is 0.923. The molecule has 0 aromatic carbocycles. The van der Waals surface area contributed by atoms with Crippen molar-refractivity contribution in [3.63, 3.8) is 0 Å². The van der Waals surface area contributed by atoms with Crippen LogP contribution < -0.4 is 5.73 Å². The predicted molar refractivity (Wildman–Crippen MR) is 70.0 cm³/mol. The average Bonchev–Trinajstić information content (AvgIpc) is 3.06. The van der Waals surface area contributed by atoms with E-state index in [9.17, 15) is 0 Å². The summed E-state index contributed by atoms with van der Waals surface area (Å²) < 4.78 is 5.31. The van der Waals surface area contributed by atoms with Gasteiger partial charge in [0.15, 0.2) is 5.96 Å². The summed E-state index contributed by atoms with van der Waals surface area (Å²) in [5.41, 5.74) is 6.51. The van der Waals surface area contributed by atoms with Crippen molar-refractivity contribution in [3.8, 4) is 0 Å². The average molecular weight is 239 g/mol. The summed E-state index contributed by atoms with van der Waals surface area (Å²) in [5.74, 6) is 1.47. The van der Waals surface area contributed by atoms with E-state index < -0.39 is 0 Å². The van der Waals surface area contributed by atoms with Crippen molar-refractivity contribution in [1.82, 2.24) is 4.90 Å². The van der Waals surface area contributed by atoms with Gasteiger partial charge in [-0.15, -0.1) is 0 Å². The second-order valence-electron chi connectivity index (χ2n) is 5.87. The lowest BCUT2D eigenvalue weighted by molar-refractivity contribution is 0.0673. The highest BCUT2D eigenvalue weighted by Gasteiger charge is 2.42. The van der Waals surface area contributed by atoms with E-state index in [1.54, 1.807) is 0 Å². The third-order valence-electron chi connectivity index (χ3n) is 3.71. The van der Waals surface area contributed by atoms with Gasteiger partial charge < -0.3 is 15.4 Å². The number of hydrogen-bond donors (Lipinski definition) is 1. The SMILES string of the molecule is CC(C)CC1(CN=C(N)N2CCOCC2)CC1. The van der Waals surface area contributed by atoms with Gasteiger partial charge in [-0.1, -0.05) is 13.8 Å². The molecule has 0 radical (unpaired) electrons. The Kier molecular flexibility index (Phi) is 3.92. The number of ether oxygens (including phenoxy) is 1. The van der Waals surface area contributed by atoms with Crippen LogP contribution in [0.3, 0.4) is 0 Å². The highest BCUT2D eigenvalue weighted by Crippen LogP contribution is 2.50. The fourth-order valence-corrected chi connectivity index (χ4v) is 2.61. The van der Waals surface area contributed by atoms with Crippen molar-refractivity contribution in [3.05, 3.63) is 0 Å². The van der Waals surface area contributed by atoms with Crippen LogP contribution >= 0.6 is 0 Å². The van der Waals surface area contributed by atoms with Crippen molar-refractivity contribution in [2.45, 2.75) is 33.1 Å².